The summed E-state index contributed by atoms with van der Waals surface area (Å²) >= 11 is 0. The molecule has 0 bridgehead atoms. The zero-order valence-corrected chi connectivity index (χ0v) is 11.1. The van der Waals surface area contributed by atoms with Crippen molar-refractivity contribution in [1.82, 2.24) is 9.97 Å². The van der Waals surface area contributed by atoms with Gasteiger partial charge in [-0.2, -0.15) is 0 Å². The maximum absolute atomic E-state index is 5.87. The second-order valence-corrected chi connectivity index (χ2v) is 4.25. The Balaban J connectivity index is 2.36. The molecule has 1 heterocycles. The zero-order chi connectivity index (χ0) is 13.1. The van der Waals surface area contributed by atoms with Gasteiger partial charge < -0.3 is 10.1 Å². The average Bonchev–Trinajstić information content (AvgIpc) is 2.39. The topological polar surface area (TPSA) is 47.0 Å². The molecule has 1 aromatic heterocycles. The highest BCUT2D eigenvalue weighted by atomic mass is 16.5. The molecule has 0 atom stereocenters. The minimum absolute atomic E-state index is 0.547. The number of hydrogen-bond acceptors (Lipinski definition) is 4. The van der Waals surface area contributed by atoms with Crippen LogP contribution in [-0.2, 0) is 0 Å². The Kier molecular flexibility index (Phi) is 3.46. The lowest BCUT2D eigenvalue weighted by Crippen LogP contribution is -1.97. The van der Waals surface area contributed by atoms with Crippen molar-refractivity contribution in [2.24, 2.45) is 0 Å². The fraction of sp³-hybridized carbons (Fsp3) is 0.286. The van der Waals surface area contributed by atoms with E-state index in [1.165, 1.54) is 11.9 Å². The lowest BCUT2D eigenvalue weighted by Gasteiger charge is -2.13. The maximum Gasteiger partial charge on any atom is 0.224 e. The summed E-state index contributed by atoms with van der Waals surface area (Å²) in [5, 5.41) is 2.96. The van der Waals surface area contributed by atoms with E-state index in [1.807, 2.05) is 14.0 Å². The number of rotatable bonds is 3. The van der Waals surface area contributed by atoms with Crippen LogP contribution in [0.15, 0.2) is 24.5 Å². The molecule has 1 N–H and O–H groups in total. The van der Waals surface area contributed by atoms with Gasteiger partial charge in [-0.15, -0.1) is 0 Å². The smallest absolute Gasteiger partial charge is 0.224 e. The van der Waals surface area contributed by atoms with Crippen LogP contribution in [0.2, 0.25) is 0 Å². The van der Waals surface area contributed by atoms with E-state index >= 15 is 0 Å². The van der Waals surface area contributed by atoms with E-state index in [0.717, 1.165) is 22.7 Å². The van der Waals surface area contributed by atoms with Crippen molar-refractivity contribution in [1.29, 1.82) is 0 Å². The van der Waals surface area contributed by atoms with Gasteiger partial charge in [-0.05, 0) is 37.5 Å². The van der Waals surface area contributed by atoms with Gasteiger partial charge in [0.15, 0.2) is 0 Å². The number of ether oxygens (including phenoxy) is 1. The van der Waals surface area contributed by atoms with Crippen molar-refractivity contribution >= 4 is 5.82 Å². The van der Waals surface area contributed by atoms with Gasteiger partial charge in [0, 0.05) is 13.1 Å². The molecule has 0 aliphatic rings. The molecule has 0 radical (unpaired) electrons. The van der Waals surface area contributed by atoms with Gasteiger partial charge in [-0.1, -0.05) is 12.1 Å². The largest absolute Gasteiger partial charge is 0.438 e. The third-order valence-electron chi connectivity index (χ3n) is 2.98. The van der Waals surface area contributed by atoms with Gasteiger partial charge in [-0.3, -0.25) is 0 Å². The first kappa shape index (κ1) is 12.4. The van der Waals surface area contributed by atoms with Crippen LogP contribution in [0.3, 0.4) is 0 Å². The third-order valence-corrected chi connectivity index (χ3v) is 2.98. The minimum Gasteiger partial charge on any atom is -0.438 e. The van der Waals surface area contributed by atoms with Crippen LogP contribution >= 0.6 is 0 Å². The first-order valence-corrected chi connectivity index (χ1v) is 5.86. The van der Waals surface area contributed by atoms with Crippen LogP contribution in [-0.4, -0.2) is 17.0 Å². The average molecular weight is 243 g/mol. The molecule has 0 aliphatic heterocycles. The summed E-state index contributed by atoms with van der Waals surface area (Å²) in [4.78, 5) is 8.18. The molecular formula is C14H17N3O. The predicted octanol–water partition coefficient (Wildman–Crippen LogP) is 3.24. The van der Waals surface area contributed by atoms with Crippen molar-refractivity contribution in [2.75, 3.05) is 12.4 Å². The Morgan fingerprint density at radius 1 is 1.06 bits per heavy atom. The number of anilines is 1. The molecule has 0 aliphatic carbocycles. The van der Waals surface area contributed by atoms with Crippen LogP contribution in [0, 0.1) is 20.8 Å². The molecular weight excluding hydrogens is 226 g/mol. The number of aromatic nitrogens is 2. The first-order valence-electron chi connectivity index (χ1n) is 5.86. The molecule has 0 saturated carbocycles. The predicted molar refractivity (Wildman–Crippen MR) is 72.3 cm³/mol. The molecule has 2 aromatic rings. The standard InChI is InChI=1S/C14H17N3O/c1-9-5-6-10(2)14(11(9)3)18-13-7-12(15-4)16-8-17-13/h5-8H,1-4H3,(H,15,16,17). The number of nitrogens with one attached hydrogen (secondary N) is 1. The van der Waals surface area contributed by atoms with Crippen molar-refractivity contribution < 1.29 is 4.74 Å². The van der Waals surface area contributed by atoms with E-state index in [0.29, 0.717) is 5.88 Å². The molecule has 0 unspecified atom stereocenters. The molecule has 0 fully saturated rings. The molecule has 4 nitrogen and oxygen atoms in total. The fourth-order valence-electron chi connectivity index (χ4n) is 1.72. The number of aryl methyl sites for hydroxylation is 2. The number of nitrogens with zero attached hydrogens (tertiary/aromatic N) is 2. The summed E-state index contributed by atoms with van der Waals surface area (Å²) in [6, 6.07) is 5.93. The van der Waals surface area contributed by atoms with E-state index in [4.69, 9.17) is 4.74 Å². The quantitative estimate of drug-likeness (QED) is 0.899. The Hall–Kier alpha value is -2.10. The Morgan fingerprint density at radius 3 is 2.50 bits per heavy atom. The van der Waals surface area contributed by atoms with E-state index in [2.05, 4.69) is 41.3 Å². The molecule has 0 saturated heterocycles. The Bertz CT molecular complexity index is 567. The SMILES string of the molecule is CNc1cc(Oc2c(C)ccc(C)c2C)ncn1. The van der Waals surface area contributed by atoms with Crippen LogP contribution in [0.5, 0.6) is 11.6 Å². The highest BCUT2D eigenvalue weighted by molar-refractivity contribution is 5.47. The number of benzene rings is 1. The summed E-state index contributed by atoms with van der Waals surface area (Å²) in [7, 11) is 1.81. The van der Waals surface area contributed by atoms with Gasteiger partial charge in [0.2, 0.25) is 5.88 Å². The fourth-order valence-corrected chi connectivity index (χ4v) is 1.72. The van der Waals surface area contributed by atoms with Crippen molar-refractivity contribution in [2.45, 2.75) is 20.8 Å². The normalized spacial score (nSPS) is 10.2. The second-order valence-electron chi connectivity index (χ2n) is 4.25. The van der Waals surface area contributed by atoms with Gasteiger partial charge >= 0.3 is 0 Å². The highest BCUT2D eigenvalue weighted by Gasteiger charge is 2.08. The van der Waals surface area contributed by atoms with Crippen molar-refractivity contribution in [3.05, 3.63) is 41.2 Å². The molecule has 0 amide bonds. The van der Waals surface area contributed by atoms with Crippen LogP contribution in [0.25, 0.3) is 0 Å². The van der Waals surface area contributed by atoms with Crippen LogP contribution < -0.4 is 10.1 Å². The van der Waals surface area contributed by atoms with Crippen LogP contribution in [0.4, 0.5) is 5.82 Å². The summed E-state index contributed by atoms with van der Waals surface area (Å²) in [5.41, 5.74) is 3.45. The zero-order valence-electron chi connectivity index (χ0n) is 11.1. The van der Waals surface area contributed by atoms with Gasteiger partial charge in [0.25, 0.3) is 0 Å². The third kappa shape index (κ3) is 2.42. The van der Waals surface area contributed by atoms with Crippen molar-refractivity contribution in [3.8, 4) is 11.6 Å². The first-order chi connectivity index (χ1) is 8.61. The second kappa shape index (κ2) is 5.04. The van der Waals surface area contributed by atoms with E-state index in [9.17, 15) is 0 Å². The van der Waals surface area contributed by atoms with Crippen LogP contribution in [0.1, 0.15) is 16.7 Å². The van der Waals surface area contributed by atoms with Gasteiger partial charge in [0.1, 0.15) is 17.9 Å². The minimum atomic E-state index is 0.547. The van der Waals surface area contributed by atoms with E-state index in [1.54, 1.807) is 6.07 Å². The molecule has 18 heavy (non-hydrogen) atoms. The summed E-state index contributed by atoms with van der Waals surface area (Å²) in [6.45, 7) is 6.15. The molecule has 0 spiro atoms. The van der Waals surface area contributed by atoms with E-state index in [-0.39, 0.29) is 0 Å². The Labute approximate surface area is 107 Å². The number of hydrogen-bond donors (Lipinski definition) is 1. The lowest BCUT2D eigenvalue weighted by molar-refractivity contribution is 0.454. The molecule has 2 rings (SSSR count). The Morgan fingerprint density at radius 2 is 1.78 bits per heavy atom. The lowest BCUT2D eigenvalue weighted by atomic mass is 10.1. The van der Waals surface area contributed by atoms with E-state index < -0.39 is 0 Å². The summed E-state index contributed by atoms with van der Waals surface area (Å²) in [6.07, 6.45) is 1.49. The monoisotopic (exact) mass is 243 g/mol. The highest BCUT2D eigenvalue weighted by Crippen LogP contribution is 2.30. The van der Waals surface area contributed by atoms with Gasteiger partial charge in [0.05, 0.1) is 0 Å². The molecule has 4 heteroatoms. The van der Waals surface area contributed by atoms with Crippen molar-refractivity contribution in [3.63, 3.8) is 0 Å². The molecule has 94 valence electrons. The summed E-state index contributed by atoms with van der Waals surface area (Å²) < 4.78 is 5.87. The van der Waals surface area contributed by atoms with Gasteiger partial charge in [-0.25, -0.2) is 9.97 Å². The summed E-state index contributed by atoms with van der Waals surface area (Å²) in [5.74, 6) is 2.16. The molecule has 1 aromatic carbocycles. The maximum atomic E-state index is 5.87.